The zero-order valence-corrected chi connectivity index (χ0v) is 16.0. The van der Waals surface area contributed by atoms with E-state index < -0.39 is 0 Å². The number of rotatable bonds is 9. The SMILES string of the molecule is CCNC(=NCC(C)Cn1cccn1)Nc1ccc(OCC)c(OC)c1. The maximum absolute atomic E-state index is 5.56. The predicted molar refractivity (Wildman–Crippen MR) is 105 cm³/mol. The number of ether oxygens (including phenoxy) is 2. The van der Waals surface area contributed by atoms with Crippen molar-refractivity contribution in [1.29, 1.82) is 0 Å². The molecule has 0 spiro atoms. The molecule has 7 heteroatoms. The van der Waals surface area contributed by atoms with Crippen LogP contribution >= 0.6 is 0 Å². The van der Waals surface area contributed by atoms with Crippen LogP contribution < -0.4 is 20.1 Å². The molecule has 1 aromatic carbocycles. The first-order valence-electron chi connectivity index (χ1n) is 8.99. The van der Waals surface area contributed by atoms with E-state index in [4.69, 9.17) is 9.47 Å². The average Bonchev–Trinajstić information content (AvgIpc) is 3.14. The topological polar surface area (TPSA) is 72.7 Å². The highest BCUT2D eigenvalue weighted by Crippen LogP contribution is 2.30. The van der Waals surface area contributed by atoms with E-state index in [9.17, 15) is 0 Å². The van der Waals surface area contributed by atoms with Crippen LogP contribution in [0, 0.1) is 5.92 Å². The molecular weight excluding hydrogens is 330 g/mol. The first-order chi connectivity index (χ1) is 12.7. The third kappa shape index (κ3) is 5.98. The Morgan fingerprint density at radius 2 is 2.15 bits per heavy atom. The van der Waals surface area contributed by atoms with Crippen molar-refractivity contribution in [3.8, 4) is 11.5 Å². The summed E-state index contributed by atoms with van der Waals surface area (Å²) in [6.07, 6.45) is 3.76. The molecule has 1 aromatic heterocycles. The Balaban J connectivity index is 2.02. The highest BCUT2D eigenvalue weighted by atomic mass is 16.5. The second-order valence-corrected chi connectivity index (χ2v) is 5.98. The summed E-state index contributed by atoms with van der Waals surface area (Å²) in [7, 11) is 1.64. The molecule has 1 unspecified atom stereocenters. The number of aromatic nitrogens is 2. The number of hydrogen-bond donors (Lipinski definition) is 2. The smallest absolute Gasteiger partial charge is 0.195 e. The van der Waals surface area contributed by atoms with Crippen LogP contribution in [0.4, 0.5) is 5.69 Å². The molecule has 0 aliphatic carbocycles. The van der Waals surface area contributed by atoms with Crippen molar-refractivity contribution in [3.05, 3.63) is 36.7 Å². The second kappa shape index (κ2) is 10.3. The van der Waals surface area contributed by atoms with Crippen LogP contribution in [0.15, 0.2) is 41.7 Å². The lowest BCUT2D eigenvalue weighted by Gasteiger charge is -2.15. The zero-order chi connectivity index (χ0) is 18.8. The van der Waals surface area contributed by atoms with Crippen LogP contribution in [0.3, 0.4) is 0 Å². The molecular formula is C19H29N5O2. The molecule has 2 rings (SSSR count). The number of hydrogen-bond acceptors (Lipinski definition) is 4. The maximum Gasteiger partial charge on any atom is 0.195 e. The second-order valence-electron chi connectivity index (χ2n) is 5.98. The fraction of sp³-hybridized carbons (Fsp3) is 0.474. The van der Waals surface area contributed by atoms with Gasteiger partial charge < -0.3 is 20.1 Å². The van der Waals surface area contributed by atoms with E-state index in [-0.39, 0.29) is 0 Å². The summed E-state index contributed by atoms with van der Waals surface area (Å²) in [5.41, 5.74) is 0.893. The Bertz CT molecular complexity index is 685. The van der Waals surface area contributed by atoms with Crippen molar-refractivity contribution in [2.24, 2.45) is 10.9 Å². The van der Waals surface area contributed by atoms with Crippen LogP contribution in [0.2, 0.25) is 0 Å². The Morgan fingerprint density at radius 1 is 1.31 bits per heavy atom. The van der Waals surface area contributed by atoms with Gasteiger partial charge in [-0.2, -0.15) is 5.10 Å². The lowest BCUT2D eigenvalue weighted by Crippen LogP contribution is -2.31. The minimum Gasteiger partial charge on any atom is -0.493 e. The zero-order valence-electron chi connectivity index (χ0n) is 16.0. The first kappa shape index (κ1) is 19.6. The molecule has 142 valence electrons. The highest BCUT2D eigenvalue weighted by Gasteiger charge is 2.08. The van der Waals surface area contributed by atoms with Gasteiger partial charge in [0.25, 0.3) is 0 Å². The van der Waals surface area contributed by atoms with Crippen LogP contribution in [-0.2, 0) is 6.54 Å². The van der Waals surface area contributed by atoms with E-state index >= 15 is 0 Å². The maximum atomic E-state index is 5.56. The third-order valence-corrected chi connectivity index (χ3v) is 3.69. The van der Waals surface area contributed by atoms with Gasteiger partial charge in [-0.05, 0) is 38.0 Å². The first-order valence-corrected chi connectivity index (χ1v) is 8.99. The van der Waals surface area contributed by atoms with E-state index in [1.54, 1.807) is 13.3 Å². The number of nitrogens with one attached hydrogen (secondary N) is 2. The van der Waals surface area contributed by atoms with Crippen molar-refractivity contribution in [3.63, 3.8) is 0 Å². The molecule has 0 aliphatic heterocycles. The van der Waals surface area contributed by atoms with E-state index in [1.165, 1.54) is 0 Å². The number of aliphatic imine (C=N–C) groups is 1. The Labute approximate surface area is 155 Å². The number of benzene rings is 1. The average molecular weight is 359 g/mol. The Kier molecular flexibility index (Phi) is 7.79. The molecule has 2 N–H and O–H groups in total. The monoisotopic (exact) mass is 359 g/mol. The molecule has 1 atom stereocenters. The van der Waals surface area contributed by atoms with Gasteiger partial charge in [-0.15, -0.1) is 0 Å². The largest absolute Gasteiger partial charge is 0.493 e. The van der Waals surface area contributed by atoms with Gasteiger partial charge in [-0.3, -0.25) is 9.67 Å². The molecule has 2 aromatic rings. The minimum atomic E-state index is 0.375. The summed E-state index contributed by atoms with van der Waals surface area (Å²) in [6.45, 7) is 9.08. The fourth-order valence-corrected chi connectivity index (χ4v) is 2.50. The predicted octanol–water partition coefficient (Wildman–Crippen LogP) is 3.00. The normalized spacial score (nSPS) is 12.5. The van der Waals surface area contributed by atoms with Gasteiger partial charge in [-0.25, -0.2) is 0 Å². The number of guanidine groups is 1. The van der Waals surface area contributed by atoms with Crippen LogP contribution in [0.1, 0.15) is 20.8 Å². The highest BCUT2D eigenvalue weighted by molar-refractivity contribution is 5.93. The standard InChI is InChI=1S/C19H29N5O2/c1-5-20-19(21-13-15(3)14-24-11-7-10-22-24)23-16-8-9-17(26-6-2)18(12-16)25-4/h7-12,15H,5-6,13-14H2,1-4H3,(H2,20,21,23). The van der Waals surface area contributed by atoms with E-state index in [0.29, 0.717) is 24.8 Å². The molecule has 26 heavy (non-hydrogen) atoms. The van der Waals surface area contributed by atoms with Gasteiger partial charge in [0.15, 0.2) is 17.5 Å². The molecule has 0 saturated heterocycles. The van der Waals surface area contributed by atoms with Crippen molar-refractivity contribution in [2.75, 3.05) is 32.1 Å². The molecule has 0 amide bonds. The minimum absolute atomic E-state index is 0.375. The van der Waals surface area contributed by atoms with Crippen molar-refractivity contribution in [1.82, 2.24) is 15.1 Å². The third-order valence-electron chi connectivity index (χ3n) is 3.69. The lowest BCUT2D eigenvalue weighted by atomic mass is 10.2. The van der Waals surface area contributed by atoms with Crippen LogP contribution in [0.25, 0.3) is 0 Å². The molecule has 0 aliphatic rings. The summed E-state index contributed by atoms with van der Waals surface area (Å²) in [4.78, 5) is 4.68. The number of nitrogens with zero attached hydrogens (tertiary/aromatic N) is 3. The van der Waals surface area contributed by atoms with Gasteiger partial charge in [0.1, 0.15) is 0 Å². The summed E-state index contributed by atoms with van der Waals surface area (Å²) in [5.74, 6) is 2.54. The molecule has 0 saturated carbocycles. The van der Waals surface area contributed by atoms with Gasteiger partial charge in [0.2, 0.25) is 0 Å². The van der Waals surface area contributed by atoms with Crippen molar-refractivity contribution in [2.45, 2.75) is 27.3 Å². The van der Waals surface area contributed by atoms with E-state index in [2.05, 4.69) is 27.6 Å². The van der Waals surface area contributed by atoms with Crippen molar-refractivity contribution >= 4 is 11.6 Å². The molecule has 1 heterocycles. The summed E-state index contributed by atoms with van der Waals surface area (Å²) < 4.78 is 12.9. The Hall–Kier alpha value is -2.70. The number of methoxy groups -OCH3 is 1. The lowest BCUT2D eigenvalue weighted by molar-refractivity contribution is 0.311. The number of anilines is 1. The van der Waals surface area contributed by atoms with Crippen molar-refractivity contribution < 1.29 is 9.47 Å². The molecule has 0 fully saturated rings. The Morgan fingerprint density at radius 3 is 2.81 bits per heavy atom. The van der Waals surface area contributed by atoms with Gasteiger partial charge in [-0.1, -0.05) is 6.92 Å². The summed E-state index contributed by atoms with van der Waals surface area (Å²) in [6, 6.07) is 7.69. The molecule has 0 radical (unpaired) electrons. The fourth-order valence-electron chi connectivity index (χ4n) is 2.50. The van der Waals surface area contributed by atoms with Crippen LogP contribution in [-0.4, -0.2) is 42.5 Å². The molecule has 7 nitrogen and oxygen atoms in total. The quantitative estimate of drug-likeness (QED) is 0.532. The van der Waals surface area contributed by atoms with Gasteiger partial charge in [0.05, 0.1) is 13.7 Å². The van der Waals surface area contributed by atoms with E-state index in [0.717, 1.165) is 30.5 Å². The summed E-state index contributed by atoms with van der Waals surface area (Å²) >= 11 is 0. The van der Waals surface area contributed by atoms with Gasteiger partial charge >= 0.3 is 0 Å². The van der Waals surface area contributed by atoms with Gasteiger partial charge in [0, 0.05) is 43.8 Å². The van der Waals surface area contributed by atoms with E-state index in [1.807, 2.05) is 49.0 Å². The molecule has 0 bridgehead atoms. The summed E-state index contributed by atoms with van der Waals surface area (Å²) in [5, 5.41) is 10.8. The van der Waals surface area contributed by atoms with Crippen LogP contribution in [0.5, 0.6) is 11.5 Å².